The van der Waals surface area contributed by atoms with Crippen LogP contribution >= 0.6 is 0 Å². The zero-order valence-corrected chi connectivity index (χ0v) is 27.2. The number of hydrogen-bond donors (Lipinski definition) is 0. The molecule has 3 nitrogen and oxygen atoms in total. The molecule has 0 fully saturated rings. The van der Waals surface area contributed by atoms with Gasteiger partial charge < -0.3 is 0 Å². The monoisotopic (exact) mass is 637 g/mol. The fourth-order valence-corrected chi connectivity index (χ4v) is 6.87. The predicted molar refractivity (Wildman–Crippen MR) is 207 cm³/mol. The summed E-state index contributed by atoms with van der Waals surface area (Å²) in [7, 11) is 0. The summed E-state index contributed by atoms with van der Waals surface area (Å²) in [4.78, 5) is 14.7. The Bertz CT molecular complexity index is 2520. The molecule has 0 unspecified atom stereocenters. The molecule has 9 aromatic rings. The van der Waals surface area contributed by atoms with E-state index in [-0.39, 0.29) is 0 Å². The van der Waals surface area contributed by atoms with E-state index < -0.39 is 0 Å². The summed E-state index contributed by atoms with van der Waals surface area (Å²) in [6.07, 6.45) is 3.61. The fourth-order valence-electron chi connectivity index (χ4n) is 6.87. The van der Waals surface area contributed by atoms with Crippen molar-refractivity contribution in [3.05, 3.63) is 188 Å². The third-order valence-corrected chi connectivity index (χ3v) is 9.36. The van der Waals surface area contributed by atoms with Gasteiger partial charge in [-0.2, -0.15) is 0 Å². The van der Waals surface area contributed by atoms with Crippen molar-refractivity contribution in [2.75, 3.05) is 0 Å². The Morgan fingerprint density at radius 2 is 0.820 bits per heavy atom. The van der Waals surface area contributed by atoms with Crippen molar-refractivity contribution in [1.29, 1.82) is 0 Å². The van der Waals surface area contributed by atoms with Crippen LogP contribution in [0.25, 0.3) is 88.8 Å². The number of hydrogen-bond acceptors (Lipinski definition) is 3. The first-order valence-corrected chi connectivity index (χ1v) is 16.8. The highest BCUT2D eigenvalue weighted by molar-refractivity contribution is 6.01. The third kappa shape index (κ3) is 5.61. The van der Waals surface area contributed by atoms with Crippen LogP contribution in [0.2, 0.25) is 0 Å². The Balaban J connectivity index is 1.27. The second-order valence-corrected chi connectivity index (χ2v) is 12.5. The molecular weight excluding hydrogens is 607 g/mol. The Labute approximate surface area is 291 Å². The molecule has 50 heavy (non-hydrogen) atoms. The van der Waals surface area contributed by atoms with Crippen LogP contribution in [0, 0.1) is 0 Å². The van der Waals surface area contributed by atoms with Gasteiger partial charge in [-0.3, -0.25) is 4.98 Å². The number of pyridine rings is 1. The summed E-state index contributed by atoms with van der Waals surface area (Å²) in [6, 6.07) is 62.2. The first kappa shape index (κ1) is 29.4. The van der Waals surface area contributed by atoms with Crippen LogP contribution in [0.3, 0.4) is 0 Å². The quantitative estimate of drug-likeness (QED) is 0.182. The van der Waals surface area contributed by atoms with E-state index >= 15 is 0 Å². The predicted octanol–water partition coefficient (Wildman–Crippen LogP) is 12.2. The SMILES string of the molecule is c1ccc(-c2ccc(-c3cc(-c4cc(-c5cccc6ccccc56)cc(-c5cccc6ccccc56)c4)nc(-c4cccnc4)n3)cc2)cc1. The van der Waals surface area contributed by atoms with Crippen molar-refractivity contribution in [3.63, 3.8) is 0 Å². The summed E-state index contributed by atoms with van der Waals surface area (Å²) in [5.74, 6) is 0.639. The number of rotatable bonds is 6. The van der Waals surface area contributed by atoms with Gasteiger partial charge in [0.25, 0.3) is 0 Å². The molecule has 0 amide bonds. The van der Waals surface area contributed by atoms with Crippen LogP contribution < -0.4 is 0 Å². The average molecular weight is 638 g/mol. The van der Waals surface area contributed by atoms with E-state index in [1.54, 1.807) is 6.20 Å². The molecule has 0 atom stereocenters. The van der Waals surface area contributed by atoms with Crippen LogP contribution in [-0.4, -0.2) is 15.0 Å². The molecular formula is C47H31N3. The maximum absolute atomic E-state index is 5.21. The molecule has 0 N–H and O–H groups in total. The second-order valence-electron chi connectivity index (χ2n) is 12.5. The Morgan fingerprint density at radius 3 is 1.44 bits per heavy atom. The van der Waals surface area contributed by atoms with Gasteiger partial charge in [-0.1, -0.05) is 140 Å². The normalized spacial score (nSPS) is 11.2. The van der Waals surface area contributed by atoms with Gasteiger partial charge in [-0.05, 0) is 91.3 Å². The fraction of sp³-hybridized carbons (Fsp3) is 0. The lowest BCUT2D eigenvalue weighted by molar-refractivity contribution is 1.17. The molecule has 0 aliphatic rings. The van der Waals surface area contributed by atoms with E-state index in [1.165, 1.54) is 43.8 Å². The zero-order chi connectivity index (χ0) is 33.3. The van der Waals surface area contributed by atoms with Gasteiger partial charge in [-0.15, -0.1) is 0 Å². The van der Waals surface area contributed by atoms with Gasteiger partial charge in [0.05, 0.1) is 11.4 Å². The van der Waals surface area contributed by atoms with E-state index in [4.69, 9.17) is 9.97 Å². The van der Waals surface area contributed by atoms with Crippen molar-refractivity contribution in [2.24, 2.45) is 0 Å². The van der Waals surface area contributed by atoms with Gasteiger partial charge in [0.2, 0.25) is 0 Å². The molecule has 9 rings (SSSR count). The van der Waals surface area contributed by atoms with E-state index in [9.17, 15) is 0 Å². The number of nitrogens with zero attached hydrogens (tertiary/aromatic N) is 3. The van der Waals surface area contributed by atoms with Crippen LogP contribution in [0.1, 0.15) is 0 Å². The maximum atomic E-state index is 5.21. The second kappa shape index (κ2) is 12.7. The van der Waals surface area contributed by atoms with E-state index in [0.717, 1.165) is 39.2 Å². The number of benzene rings is 7. The molecule has 7 aromatic carbocycles. The molecule has 0 aliphatic carbocycles. The van der Waals surface area contributed by atoms with Crippen molar-refractivity contribution in [2.45, 2.75) is 0 Å². The standard InChI is InChI=1S/C47H31N3/c1-2-11-32(12-3-1)33-22-24-36(25-23-33)45-30-46(50-47(49-45)37-17-10-26-48-31-37)40-28-38(43-20-8-15-34-13-4-6-18-41(34)43)27-39(29-40)44-21-9-16-35-14-5-7-19-42(35)44/h1-31H. The summed E-state index contributed by atoms with van der Waals surface area (Å²) in [5.41, 5.74) is 11.6. The highest BCUT2D eigenvalue weighted by Gasteiger charge is 2.15. The summed E-state index contributed by atoms with van der Waals surface area (Å²) >= 11 is 0. The Kier molecular flexibility index (Phi) is 7.49. The minimum Gasteiger partial charge on any atom is -0.264 e. The van der Waals surface area contributed by atoms with Crippen molar-refractivity contribution >= 4 is 21.5 Å². The third-order valence-electron chi connectivity index (χ3n) is 9.36. The molecule has 0 bridgehead atoms. The molecule has 0 aliphatic heterocycles. The average Bonchev–Trinajstić information content (AvgIpc) is 3.21. The van der Waals surface area contributed by atoms with Crippen LogP contribution in [0.15, 0.2) is 188 Å². The van der Waals surface area contributed by atoms with Gasteiger partial charge >= 0.3 is 0 Å². The van der Waals surface area contributed by atoms with Gasteiger partial charge in [0.1, 0.15) is 0 Å². The van der Waals surface area contributed by atoms with Crippen LogP contribution in [-0.2, 0) is 0 Å². The first-order chi connectivity index (χ1) is 24.8. The van der Waals surface area contributed by atoms with E-state index in [1.807, 2.05) is 24.4 Å². The largest absolute Gasteiger partial charge is 0.264 e. The summed E-state index contributed by atoms with van der Waals surface area (Å²) < 4.78 is 0. The lowest BCUT2D eigenvalue weighted by atomic mass is 9.90. The molecule has 0 spiro atoms. The van der Waals surface area contributed by atoms with Crippen LogP contribution in [0.5, 0.6) is 0 Å². The van der Waals surface area contributed by atoms with Crippen molar-refractivity contribution in [3.8, 4) is 67.3 Å². The summed E-state index contributed by atoms with van der Waals surface area (Å²) in [5, 5.41) is 4.86. The van der Waals surface area contributed by atoms with Gasteiger partial charge in [0, 0.05) is 29.1 Å². The smallest absolute Gasteiger partial charge is 0.161 e. The lowest BCUT2D eigenvalue weighted by Gasteiger charge is -2.15. The highest BCUT2D eigenvalue weighted by atomic mass is 14.9. The molecule has 2 aromatic heterocycles. The minimum atomic E-state index is 0.639. The summed E-state index contributed by atoms with van der Waals surface area (Å²) in [6.45, 7) is 0. The molecule has 0 radical (unpaired) electrons. The van der Waals surface area contributed by atoms with Crippen LogP contribution in [0.4, 0.5) is 0 Å². The lowest BCUT2D eigenvalue weighted by Crippen LogP contribution is -1.97. The van der Waals surface area contributed by atoms with E-state index in [2.05, 4.69) is 163 Å². The molecule has 2 heterocycles. The van der Waals surface area contributed by atoms with Gasteiger partial charge in [-0.25, -0.2) is 9.97 Å². The highest BCUT2D eigenvalue weighted by Crippen LogP contribution is 2.39. The molecule has 0 saturated heterocycles. The molecule has 3 heteroatoms. The number of fused-ring (bicyclic) bond motifs is 2. The Hall–Kier alpha value is -6.71. The molecule has 234 valence electrons. The zero-order valence-electron chi connectivity index (χ0n) is 27.2. The van der Waals surface area contributed by atoms with Crippen molar-refractivity contribution in [1.82, 2.24) is 15.0 Å². The maximum Gasteiger partial charge on any atom is 0.161 e. The molecule has 0 saturated carbocycles. The number of aromatic nitrogens is 3. The topological polar surface area (TPSA) is 38.7 Å². The van der Waals surface area contributed by atoms with Crippen molar-refractivity contribution < 1.29 is 0 Å². The van der Waals surface area contributed by atoms with E-state index in [0.29, 0.717) is 5.82 Å². The Morgan fingerprint density at radius 1 is 0.320 bits per heavy atom. The minimum absolute atomic E-state index is 0.639. The van der Waals surface area contributed by atoms with Gasteiger partial charge in [0.15, 0.2) is 5.82 Å². The first-order valence-electron chi connectivity index (χ1n) is 16.8.